The van der Waals surface area contributed by atoms with Crippen molar-refractivity contribution in [3.8, 4) is 0 Å². The van der Waals surface area contributed by atoms with E-state index in [-0.39, 0.29) is 17.4 Å². The quantitative estimate of drug-likeness (QED) is 0.678. The number of nitrogens with one attached hydrogen (secondary N) is 1. The summed E-state index contributed by atoms with van der Waals surface area (Å²) >= 11 is 0. The van der Waals surface area contributed by atoms with Crippen molar-refractivity contribution in [3.63, 3.8) is 0 Å². The Kier molecular flexibility index (Phi) is 4.05. The van der Waals surface area contributed by atoms with Crippen molar-refractivity contribution >= 4 is 17.3 Å². The molecular formula is C18H17FN2O3. The predicted octanol–water partition coefficient (Wildman–Crippen LogP) is 4.10. The van der Waals surface area contributed by atoms with Gasteiger partial charge in [-0.15, -0.1) is 0 Å². The molecule has 1 amide bonds. The van der Waals surface area contributed by atoms with Crippen LogP contribution in [0, 0.1) is 22.9 Å². The molecule has 1 aliphatic carbocycles. The molecule has 0 spiro atoms. The Morgan fingerprint density at radius 2 is 1.88 bits per heavy atom. The van der Waals surface area contributed by atoms with Gasteiger partial charge in [-0.25, -0.2) is 4.39 Å². The lowest BCUT2D eigenvalue weighted by atomic mass is 9.63. The summed E-state index contributed by atoms with van der Waals surface area (Å²) in [6, 6.07) is 10.6. The number of nitrogens with zero attached hydrogens (tertiary/aromatic N) is 1. The molecule has 3 rings (SSSR count). The van der Waals surface area contributed by atoms with E-state index in [2.05, 4.69) is 5.32 Å². The zero-order valence-electron chi connectivity index (χ0n) is 13.2. The van der Waals surface area contributed by atoms with Gasteiger partial charge in [-0.05, 0) is 43.5 Å². The molecule has 0 bridgehead atoms. The van der Waals surface area contributed by atoms with Crippen molar-refractivity contribution in [2.24, 2.45) is 0 Å². The zero-order chi connectivity index (χ0) is 17.3. The summed E-state index contributed by atoms with van der Waals surface area (Å²) < 4.78 is 13.2. The van der Waals surface area contributed by atoms with Crippen LogP contribution < -0.4 is 5.32 Å². The second kappa shape index (κ2) is 6.03. The first-order chi connectivity index (χ1) is 11.4. The van der Waals surface area contributed by atoms with Crippen molar-refractivity contribution in [1.82, 2.24) is 0 Å². The third-order valence-electron chi connectivity index (χ3n) is 4.79. The maximum Gasteiger partial charge on any atom is 0.274 e. The van der Waals surface area contributed by atoms with Crippen LogP contribution in [-0.2, 0) is 10.2 Å². The van der Waals surface area contributed by atoms with Crippen LogP contribution in [0.15, 0.2) is 42.5 Å². The van der Waals surface area contributed by atoms with Crippen molar-refractivity contribution in [3.05, 3.63) is 69.5 Å². The highest BCUT2D eigenvalue weighted by Crippen LogP contribution is 2.45. The summed E-state index contributed by atoms with van der Waals surface area (Å²) in [6.07, 6.45) is 2.27. The smallest absolute Gasteiger partial charge is 0.274 e. The van der Waals surface area contributed by atoms with Gasteiger partial charge in [-0.1, -0.05) is 24.6 Å². The molecule has 0 heterocycles. The van der Waals surface area contributed by atoms with E-state index in [1.807, 2.05) is 0 Å². The molecule has 1 fully saturated rings. The van der Waals surface area contributed by atoms with Crippen LogP contribution in [-0.4, -0.2) is 10.8 Å². The Bertz CT molecular complexity index is 798. The maximum absolute atomic E-state index is 13.2. The van der Waals surface area contributed by atoms with Gasteiger partial charge in [-0.3, -0.25) is 14.9 Å². The van der Waals surface area contributed by atoms with E-state index < -0.39 is 10.3 Å². The molecule has 24 heavy (non-hydrogen) atoms. The highest BCUT2D eigenvalue weighted by molar-refractivity contribution is 6.00. The monoisotopic (exact) mass is 328 g/mol. The van der Waals surface area contributed by atoms with Gasteiger partial charge < -0.3 is 5.32 Å². The molecule has 5 nitrogen and oxygen atoms in total. The first-order valence-electron chi connectivity index (χ1n) is 7.75. The van der Waals surface area contributed by atoms with Gasteiger partial charge in [0.1, 0.15) is 5.82 Å². The Labute approximate surface area is 138 Å². The Morgan fingerprint density at radius 3 is 2.42 bits per heavy atom. The van der Waals surface area contributed by atoms with E-state index in [0.29, 0.717) is 24.1 Å². The normalized spacial score (nSPS) is 15.4. The van der Waals surface area contributed by atoms with E-state index in [0.717, 1.165) is 12.0 Å². The van der Waals surface area contributed by atoms with Gasteiger partial charge in [0.2, 0.25) is 5.91 Å². The second-order valence-electron chi connectivity index (χ2n) is 6.10. The Balaban J connectivity index is 1.90. The average molecular weight is 328 g/mol. The minimum absolute atomic E-state index is 0.0303. The van der Waals surface area contributed by atoms with Crippen LogP contribution in [0.4, 0.5) is 15.8 Å². The van der Waals surface area contributed by atoms with Gasteiger partial charge in [0.25, 0.3) is 5.69 Å². The van der Waals surface area contributed by atoms with Crippen LogP contribution in [0.2, 0.25) is 0 Å². The lowest BCUT2D eigenvalue weighted by molar-refractivity contribution is -0.385. The van der Waals surface area contributed by atoms with Crippen LogP contribution in [0.1, 0.15) is 30.4 Å². The number of carbonyl (C=O) groups is 1. The number of anilines is 1. The standard InChI is InChI=1S/C18H17FN2O3/c1-12-15(4-2-5-16(12)21(23)24)20-17(22)18(10-3-11-18)13-6-8-14(19)9-7-13/h2,4-9H,3,10-11H2,1H3,(H,20,22). The molecule has 2 aromatic rings. The largest absolute Gasteiger partial charge is 0.325 e. The fraction of sp³-hybridized carbons (Fsp3) is 0.278. The maximum atomic E-state index is 13.2. The summed E-state index contributed by atoms with van der Waals surface area (Å²) in [7, 11) is 0. The number of nitro groups is 1. The number of carbonyl (C=O) groups excluding carboxylic acids is 1. The zero-order valence-corrected chi connectivity index (χ0v) is 13.2. The summed E-state index contributed by atoms with van der Waals surface area (Å²) in [4.78, 5) is 23.4. The average Bonchev–Trinajstić information content (AvgIpc) is 2.50. The summed E-state index contributed by atoms with van der Waals surface area (Å²) in [5, 5.41) is 13.9. The van der Waals surface area contributed by atoms with E-state index in [4.69, 9.17) is 0 Å². The highest BCUT2D eigenvalue weighted by atomic mass is 19.1. The SMILES string of the molecule is Cc1c(NC(=O)C2(c3ccc(F)cc3)CCC2)cccc1[N+](=O)[O-]. The molecule has 1 saturated carbocycles. The van der Waals surface area contributed by atoms with E-state index in [1.165, 1.54) is 18.2 Å². The topological polar surface area (TPSA) is 72.2 Å². The molecule has 0 aromatic heterocycles. The van der Waals surface area contributed by atoms with Crippen LogP contribution >= 0.6 is 0 Å². The molecular weight excluding hydrogens is 311 g/mol. The minimum Gasteiger partial charge on any atom is -0.325 e. The van der Waals surface area contributed by atoms with Gasteiger partial charge in [0.15, 0.2) is 0 Å². The number of benzene rings is 2. The van der Waals surface area contributed by atoms with E-state index in [1.54, 1.807) is 31.2 Å². The predicted molar refractivity (Wildman–Crippen MR) is 88.4 cm³/mol. The number of halogens is 1. The van der Waals surface area contributed by atoms with Crippen LogP contribution in [0.25, 0.3) is 0 Å². The summed E-state index contributed by atoms with van der Waals surface area (Å²) in [5.74, 6) is -0.549. The fourth-order valence-electron chi connectivity index (χ4n) is 3.14. The minimum atomic E-state index is -0.690. The molecule has 0 radical (unpaired) electrons. The number of rotatable bonds is 4. The third-order valence-corrected chi connectivity index (χ3v) is 4.79. The lowest BCUT2D eigenvalue weighted by Gasteiger charge is -2.40. The number of hydrogen-bond donors (Lipinski definition) is 1. The van der Waals surface area contributed by atoms with Crippen molar-refractivity contribution in [1.29, 1.82) is 0 Å². The molecule has 2 aromatic carbocycles. The molecule has 124 valence electrons. The fourth-order valence-corrected chi connectivity index (χ4v) is 3.14. The van der Waals surface area contributed by atoms with Crippen molar-refractivity contribution in [2.75, 3.05) is 5.32 Å². The number of amides is 1. The summed E-state index contributed by atoms with van der Waals surface area (Å²) in [6.45, 7) is 1.61. The van der Waals surface area contributed by atoms with Crippen LogP contribution in [0.3, 0.4) is 0 Å². The van der Waals surface area contributed by atoms with E-state index >= 15 is 0 Å². The van der Waals surface area contributed by atoms with Gasteiger partial charge in [0, 0.05) is 6.07 Å². The first kappa shape index (κ1) is 16.1. The van der Waals surface area contributed by atoms with Gasteiger partial charge in [-0.2, -0.15) is 0 Å². The molecule has 1 N–H and O–H groups in total. The highest BCUT2D eigenvalue weighted by Gasteiger charge is 2.45. The molecule has 0 unspecified atom stereocenters. The van der Waals surface area contributed by atoms with Crippen molar-refractivity contribution < 1.29 is 14.1 Å². The first-order valence-corrected chi connectivity index (χ1v) is 7.75. The molecule has 0 atom stereocenters. The molecule has 0 aliphatic heterocycles. The number of hydrogen-bond acceptors (Lipinski definition) is 3. The van der Waals surface area contributed by atoms with E-state index in [9.17, 15) is 19.3 Å². The molecule has 0 saturated heterocycles. The van der Waals surface area contributed by atoms with Crippen molar-refractivity contribution in [2.45, 2.75) is 31.6 Å². The second-order valence-corrected chi connectivity index (χ2v) is 6.10. The number of nitro benzene ring substituents is 1. The van der Waals surface area contributed by atoms with Gasteiger partial charge in [0.05, 0.1) is 21.6 Å². The summed E-state index contributed by atoms with van der Waals surface area (Å²) in [5.41, 5.74) is 0.907. The Hall–Kier alpha value is -2.76. The molecule has 6 heteroatoms. The third kappa shape index (κ3) is 2.64. The Morgan fingerprint density at radius 1 is 1.21 bits per heavy atom. The van der Waals surface area contributed by atoms with Crippen LogP contribution in [0.5, 0.6) is 0 Å². The molecule has 1 aliphatic rings. The van der Waals surface area contributed by atoms with Gasteiger partial charge >= 0.3 is 0 Å². The lowest BCUT2D eigenvalue weighted by Crippen LogP contribution is -2.46.